The monoisotopic (exact) mass is 242 g/mol. The molecule has 0 saturated carbocycles. The van der Waals surface area contributed by atoms with Gasteiger partial charge in [-0.05, 0) is 26.3 Å². The predicted octanol–water partition coefficient (Wildman–Crippen LogP) is 0.542. The number of amides is 1. The van der Waals surface area contributed by atoms with Crippen molar-refractivity contribution < 1.29 is 14.3 Å². The first-order valence-electron chi connectivity index (χ1n) is 6.38. The van der Waals surface area contributed by atoms with Crippen LogP contribution in [0.25, 0.3) is 0 Å². The van der Waals surface area contributed by atoms with Gasteiger partial charge in [-0.25, -0.2) is 0 Å². The molecule has 0 atom stereocenters. The van der Waals surface area contributed by atoms with Crippen LogP contribution in [-0.2, 0) is 14.3 Å². The van der Waals surface area contributed by atoms with Gasteiger partial charge in [0.25, 0.3) is 0 Å². The minimum Gasteiger partial charge on any atom is -0.466 e. The van der Waals surface area contributed by atoms with Crippen molar-refractivity contribution in [3.05, 3.63) is 0 Å². The molecule has 1 amide bonds. The van der Waals surface area contributed by atoms with Gasteiger partial charge in [0.15, 0.2) is 0 Å². The molecule has 0 bridgehead atoms. The van der Waals surface area contributed by atoms with Gasteiger partial charge < -0.3 is 15.0 Å². The molecule has 1 N–H and O–H groups in total. The number of nitrogens with one attached hydrogen (secondary N) is 1. The first-order valence-corrected chi connectivity index (χ1v) is 6.38. The molecule has 0 unspecified atom stereocenters. The summed E-state index contributed by atoms with van der Waals surface area (Å²) in [5.74, 6) is 0.117. The van der Waals surface area contributed by atoms with Gasteiger partial charge in [0.1, 0.15) is 0 Å². The number of rotatable bonds is 8. The van der Waals surface area contributed by atoms with E-state index in [0.717, 1.165) is 32.5 Å². The summed E-state index contributed by atoms with van der Waals surface area (Å²) in [4.78, 5) is 24.2. The van der Waals surface area contributed by atoms with E-state index in [1.807, 2.05) is 4.90 Å². The standard InChI is InChI=1S/C12H22N2O3/c1-2-17-12(16)6-8-13-7-4-10-14-9-3-5-11(14)15/h13H,2-10H2,1H3. The van der Waals surface area contributed by atoms with E-state index in [1.165, 1.54) is 0 Å². The van der Waals surface area contributed by atoms with Gasteiger partial charge in [-0.15, -0.1) is 0 Å². The smallest absolute Gasteiger partial charge is 0.307 e. The summed E-state index contributed by atoms with van der Waals surface area (Å²) >= 11 is 0. The fraction of sp³-hybridized carbons (Fsp3) is 0.833. The molecule has 1 aliphatic heterocycles. The maximum absolute atomic E-state index is 11.3. The average molecular weight is 242 g/mol. The summed E-state index contributed by atoms with van der Waals surface area (Å²) in [5.41, 5.74) is 0. The Morgan fingerprint density at radius 2 is 2.29 bits per heavy atom. The summed E-state index contributed by atoms with van der Waals surface area (Å²) in [6.45, 7) is 5.46. The zero-order valence-corrected chi connectivity index (χ0v) is 10.5. The maximum Gasteiger partial charge on any atom is 0.307 e. The Morgan fingerprint density at radius 3 is 2.94 bits per heavy atom. The number of hydrogen-bond acceptors (Lipinski definition) is 4. The molecule has 0 aromatic rings. The Hall–Kier alpha value is -1.10. The summed E-state index contributed by atoms with van der Waals surface area (Å²) in [7, 11) is 0. The van der Waals surface area contributed by atoms with Crippen LogP contribution in [-0.4, -0.2) is 49.6 Å². The zero-order valence-electron chi connectivity index (χ0n) is 10.5. The number of ether oxygens (including phenoxy) is 1. The van der Waals surface area contributed by atoms with Gasteiger partial charge in [-0.3, -0.25) is 9.59 Å². The third-order valence-corrected chi connectivity index (χ3v) is 2.76. The van der Waals surface area contributed by atoms with Crippen LogP contribution in [0.3, 0.4) is 0 Å². The molecular formula is C12H22N2O3. The van der Waals surface area contributed by atoms with Gasteiger partial charge in [-0.2, -0.15) is 0 Å². The van der Waals surface area contributed by atoms with Crippen LogP contribution < -0.4 is 5.32 Å². The van der Waals surface area contributed by atoms with Crippen molar-refractivity contribution in [2.45, 2.75) is 32.6 Å². The first-order chi connectivity index (χ1) is 8.24. The number of hydrogen-bond donors (Lipinski definition) is 1. The minimum atomic E-state index is -0.158. The highest BCUT2D eigenvalue weighted by molar-refractivity contribution is 5.77. The van der Waals surface area contributed by atoms with Crippen LogP contribution in [0.5, 0.6) is 0 Å². The predicted molar refractivity (Wildman–Crippen MR) is 64.6 cm³/mol. The molecule has 0 aliphatic carbocycles. The molecule has 1 rings (SSSR count). The molecular weight excluding hydrogens is 220 g/mol. The number of carbonyl (C=O) groups excluding carboxylic acids is 2. The lowest BCUT2D eigenvalue weighted by Gasteiger charge is -2.15. The van der Waals surface area contributed by atoms with Crippen LogP contribution in [0.1, 0.15) is 32.6 Å². The summed E-state index contributed by atoms with van der Waals surface area (Å²) in [6, 6.07) is 0. The van der Waals surface area contributed by atoms with E-state index in [2.05, 4.69) is 5.32 Å². The molecule has 0 spiro atoms. The molecule has 1 heterocycles. The van der Waals surface area contributed by atoms with E-state index >= 15 is 0 Å². The molecule has 98 valence electrons. The second-order valence-corrected chi connectivity index (χ2v) is 4.14. The summed E-state index contributed by atoms with van der Waals surface area (Å²) in [6.07, 6.45) is 3.05. The molecule has 0 aromatic heterocycles. The lowest BCUT2D eigenvalue weighted by atomic mass is 10.3. The van der Waals surface area contributed by atoms with E-state index in [9.17, 15) is 9.59 Å². The van der Waals surface area contributed by atoms with Crippen LogP contribution >= 0.6 is 0 Å². The van der Waals surface area contributed by atoms with Crippen LogP contribution in [0.15, 0.2) is 0 Å². The largest absolute Gasteiger partial charge is 0.466 e. The quantitative estimate of drug-likeness (QED) is 0.498. The van der Waals surface area contributed by atoms with E-state index in [-0.39, 0.29) is 11.9 Å². The van der Waals surface area contributed by atoms with Crippen molar-refractivity contribution in [3.63, 3.8) is 0 Å². The van der Waals surface area contributed by atoms with E-state index < -0.39 is 0 Å². The number of likely N-dealkylation sites (tertiary alicyclic amines) is 1. The van der Waals surface area contributed by atoms with E-state index in [1.54, 1.807) is 6.92 Å². The van der Waals surface area contributed by atoms with Gasteiger partial charge in [0, 0.05) is 26.1 Å². The fourth-order valence-electron chi connectivity index (χ4n) is 1.88. The third-order valence-electron chi connectivity index (χ3n) is 2.76. The van der Waals surface area contributed by atoms with E-state index in [0.29, 0.717) is 26.0 Å². The van der Waals surface area contributed by atoms with Crippen molar-refractivity contribution in [2.24, 2.45) is 0 Å². The molecule has 1 fully saturated rings. The molecule has 1 aliphatic rings. The summed E-state index contributed by atoms with van der Waals surface area (Å²) < 4.78 is 4.81. The molecule has 0 aromatic carbocycles. The van der Waals surface area contributed by atoms with Crippen LogP contribution in [0.2, 0.25) is 0 Å². The fourth-order valence-corrected chi connectivity index (χ4v) is 1.88. The molecule has 5 nitrogen and oxygen atoms in total. The number of nitrogens with zero attached hydrogens (tertiary/aromatic N) is 1. The minimum absolute atomic E-state index is 0.158. The lowest BCUT2D eigenvalue weighted by molar-refractivity contribution is -0.143. The number of esters is 1. The molecule has 5 heteroatoms. The van der Waals surface area contributed by atoms with Crippen LogP contribution in [0.4, 0.5) is 0 Å². The van der Waals surface area contributed by atoms with Crippen molar-refractivity contribution in [2.75, 3.05) is 32.8 Å². The van der Waals surface area contributed by atoms with Gasteiger partial charge >= 0.3 is 5.97 Å². The topological polar surface area (TPSA) is 58.6 Å². The normalized spacial score (nSPS) is 15.4. The Kier molecular flexibility index (Phi) is 6.62. The highest BCUT2D eigenvalue weighted by Crippen LogP contribution is 2.09. The van der Waals surface area contributed by atoms with Crippen molar-refractivity contribution in [1.82, 2.24) is 10.2 Å². The highest BCUT2D eigenvalue weighted by Gasteiger charge is 2.18. The van der Waals surface area contributed by atoms with Crippen molar-refractivity contribution in [3.8, 4) is 0 Å². The molecule has 17 heavy (non-hydrogen) atoms. The molecule has 0 radical (unpaired) electrons. The van der Waals surface area contributed by atoms with E-state index in [4.69, 9.17) is 4.74 Å². The van der Waals surface area contributed by atoms with Crippen molar-refractivity contribution >= 4 is 11.9 Å². The van der Waals surface area contributed by atoms with Crippen LogP contribution in [0, 0.1) is 0 Å². The summed E-state index contributed by atoms with van der Waals surface area (Å²) in [5, 5.41) is 3.17. The Balaban J connectivity index is 1.91. The zero-order chi connectivity index (χ0) is 12.5. The second-order valence-electron chi connectivity index (χ2n) is 4.14. The number of carbonyl (C=O) groups is 2. The second kappa shape index (κ2) is 8.06. The Bertz CT molecular complexity index is 256. The Morgan fingerprint density at radius 1 is 1.47 bits per heavy atom. The highest BCUT2D eigenvalue weighted by atomic mass is 16.5. The van der Waals surface area contributed by atoms with Gasteiger partial charge in [-0.1, -0.05) is 0 Å². The van der Waals surface area contributed by atoms with Gasteiger partial charge in [0.2, 0.25) is 5.91 Å². The third kappa shape index (κ3) is 5.68. The SMILES string of the molecule is CCOC(=O)CCNCCCN1CCCC1=O. The first kappa shape index (κ1) is 14.0. The maximum atomic E-state index is 11.3. The lowest BCUT2D eigenvalue weighted by Crippen LogP contribution is -2.29. The average Bonchev–Trinajstić information content (AvgIpc) is 2.70. The van der Waals surface area contributed by atoms with Crippen molar-refractivity contribution in [1.29, 1.82) is 0 Å². The molecule has 1 saturated heterocycles. The Labute approximate surface area is 102 Å². The van der Waals surface area contributed by atoms with Gasteiger partial charge in [0.05, 0.1) is 13.0 Å².